The van der Waals surface area contributed by atoms with Crippen molar-refractivity contribution in [2.24, 2.45) is 21.3 Å². The van der Waals surface area contributed by atoms with Crippen LogP contribution in [0.4, 0.5) is 5.69 Å². The van der Waals surface area contributed by atoms with Crippen LogP contribution in [-0.2, 0) is 22.4 Å². The van der Waals surface area contributed by atoms with Crippen molar-refractivity contribution in [2.45, 2.75) is 18.9 Å². The molecule has 2 N–H and O–H groups in total. The van der Waals surface area contributed by atoms with Gasteiger partial charge in [-0.15, -0.1) is 0 Å². The molecule has 3 aliphatic heterocycles. The molecule has 4 aliphatic rings. The second-order valence-corrected chi connectivity index (χ2v) is 6.95. The Morgan fingerprint density at radius 2 is 2.04 bits per heavy atom. The predicted octanol–water partition coefficient (Wildman–Crippen LogP) is 1.86. The topological polar surface area (TPSA) is 91.1 Å². The number of amides is 1. The molecule has 2 unspecified atom stereocenters. The number of allylic oxidation sites excluding steroid dienone is 1. The van der Waals surface area contributed by atoms with Gasteiger partial charge in [0, 0.05) is 11.9 Å². The van der Waals surface area contributed by atoms with Gasteiger partial charge in [-0.25, -0.2) is 9.79 Å². The fourth-order valence-corrected chi connectivity index (χ4v) is 4.30. The second kappa shape index (κ2) is 4.75. The smallest absolute Gasteiger partial charge is 0.330 e. The molecule has 0 saturated heterocycles. The van der Waals surface area contributed by atoms with Crippen LogP contribution in [0.15, 0.2) is 40.3 Å². The normalized spacial score (nSPS) is 30.7. The molecule has 3 atom stereocenters. The van der Waals surface area contributed by atoms with Gasteiger partial charge >= 0.3 is 5.97 Å². The Hall–Kier alpha value is -3.02. The van der Waals surface area contributed by atoms with Gasteiger partial charge in [0.25, 0.3) is 5.91 Å². The number of rotatable bonds is 1. The number of nitrogens with zero attached hydrogens (tertiary/aromatic N) is 2. The van der Waals surface area contributed by atoms with Crippen LogP contribution in [0.1, 0.15) is 16.7 Å². The molecule has 1 aromatic carbocycles. The fraction of sp³-hybridized carbons (Fsp3) is 0.263. The summed E-state index contributed by atoms with van der Waals surface area (Å²) in [5.74, 6) is -0.482. The van der Waals surface area contributed by atoms with Crippen molar-refractivity contribution in [2.75, 3.05) is 5.32 Å². The molecule has 0 fully saturated rings. The SMILES string of the molecule is O=C(O)[C@@H]1C=Cc2cc3c(cc2N1)CC1(C3)C(=O)N=C2N=CC=CC21. The van der Waals surface area contributed by atoms with Gasteiger partial charge in [-0.3, -0.25) is 4.79 Å². The van der Waals surface area contributed by atoms with Gasteiger partial charge in [0.05, 0.1) is 11.3 Å². The predicted molar refractivity (Wildman–Crippen MR) is 93.9 cm³/mol. The summed E-state index contributed by atoms with van der Waals surface area (Å²) in [4.78, 5) is 32.3. The summed E-state index contributed by atoms with van der Waals surface area (Å²) in [6.45, 7) is 0. The summed E-state index contributed by atoms with van der Waals surface area (Å²) >= 11 is 0. The first kappa shape index (κ1) is 14.3. The molecule has 0 bridgehead atoms. The van der Waals surface area contributed by atoms with Gasteiger partial charge in [-0.05, 0) is 47.7 Å². The van der Waals surface area contributed by atoms with E-state index in [2.05, 4.69) is 21.4 Å². The van der Waals surface area contributed by atoms with Gasteiger partial charge in [0.15, 0.2) is 0 Å². The van der Waals surface area contributed by atoms with E-state index in [0.717, 1.165) is 22.4 Å². The number of amidine groups is 1. The quantitative estimate of drug-likeness (QED) is 0.821. The molecule has 124 valence electrons. The lowest BCUT2D eigenvalue weighted by Crippen LogP contribution is -2.36. The minimum absolute atomic E-state index is 0.0790. The van der Waals surface area contributed by atoms with E-state index < -0.39 is 17.4 Å². The van der Waals surface area contributed by atoms with E-state index in [-0.39, 0.29) is 11.8 Å². The van der Waals surface area contributed by atoms with Crippen LogP contribution >= 0.6 is 0 Å². The summed E-state index contributed by atoms with van der Waals surface area (Å²) in [5, 5.41) is 12.2. The van der Waals surface area contributed by atoms with Crippen LogP contribution in [0, 0.1) is 11.3 Å². The average molecular weight is 333 g/mol. The van der Waals surface area contributed by atoms with Gasteiger partial charge < -0.3 is 10.4 Å². The number of dihydropyridines is 1. The lowest BCUT2D eigenvalue weighted by Gasteiger charge is -2.26. The molecule has 5 rings (SSSR count). The number of aliphatic carboxylic acids is 1. The number of carbonyl (C=O) groups excluding carboxylic acids is 1. The Labute approximate surface area is 143 Å². The summed E-state index contributed by atoms with van der Waals surface area (Å²) < 4.78 is 0. The van der Waals surface area contributed by atoms with Gasteiger partial charge in [0.2, 0.25) is 0 Å². The lowest BCUT2D eigenvalue weighted by atomic mass is 9.73. The van der Waals surface area contributed by atoms with Gasteiger partial charge in [-0.2, -0.15) is 4.99 Å². The minimum Gasteiger partial charge on any atom is -0.479 e. The number of benzene rings is 1. The number of anilines is 1. The maximum absolute atomic E-state index is 12.7. The Bertz CT molecular complexity index is 957. The highest BCUT2D eigenvalue weighted by molar-refractivity contribution is 6.12. The third kappa shape index (κ3) is 1.91. The van der Waals surface area contributed by atoms with Crippen molar-refractivity contribution in [1.82, 2.24) is 0 Å². The molecule has 1 aliphatic carbocycles. The third-order valence-corrected chi connectivity index (χ3v) is 5.54. The number of carbonyl (C=O) groups is 2. The Morgan fingerprint density at radius 3 is 2.84 bits per heavy atom. The molecule has 25 heavy (non-hydrogen) atoms. The van der Waals surface area contributed by atoms with Crippen molar-refractivity contribution < 1.29 is 14.7 Å². The maximum Gasteiger partial charge on any atom is 0.330 e. The lowest BCUT2D eigenvalue weighted by molar-refractivity contribution is -0.136. The Balaban J connectivity index is 1.53. The van der Waals surface area contributed by atoms with E-state index in [0.29, 0.717) is 18.7 Å². The Morgan fingerprint density at radius 1 is 1.24 bits per heavy atom. The van der Waals surface area contributed by atoms with Crippen molar-refractivity contribution in [3.05, 3.63) is 47.1 Å². The first-order valence-corrected chi connectivity index (χ1v) is 8.24. The number of carboxylic acids is 1. The third-order valence-electron chi connectivity index (χ3n) is 5.54. The largest absolute Gasteiger partial charge is 0.479 e. The van der Waals surface area contributed by atoms with Crippen molar-refractivity contribution in [3.63, 3.8) is 0 Å². The zero-order valence-electron chi connectivity index (χ0n) is 13.3. The zero-order chi connectivity index (χ0) is 17.2. The number of aliphatic imine (C=N–C) groups is 2. The van der Waals surface area contributed by atoms with E-state index in [9.17, 15) is 14.7 Å². The van der Waals surface area contributed by atoms with Crippen molar-refractivity contribution in [1.29, 1.82) is 0 Å². The molecule has 6 heteroatoms. The second-order valence-electron chi connectivity index (χ2n) is 6.95. The molecule has 0 radical (unpaired) electrons. The van der Waals surface area contributed by atoms with Gasteiger partial charge in [0.1, 0.15) is 11.9 Å². The van der Waals surface area contributed by atoms with Crippen LogP contribution in [0.5, 0.6) is 0 Å². The highest BCUT2D eigenvalue weighted by Crippen LogP contribution is 2.50. The van der Waals surface area contributed by atoms with Gasteiger partial charge in [-0.1, -0.05) is 18.2 Å². The minimum atomic E-state index is -0.909. The highest BCUT2D eigenvalue weighted by atomic mass is 16.4. The van der Waals surface area contributed by atoms with E-state index in [1.807, 2.05) is 24.3 Å². The van der Waals surface area contributed by atoms with Crippen LogP contribution < -0.4 is 5.32 Å². The molecule has 0 saturated carbocycles. The molecule has 1 amide bonds. The number of hydrogen-bond donors (Lipinski definition) is 2. The Kier molecular flexibility index (Phi) is 2.72. The van der Waals surface area contributed by atoms with Crippen molar-refractivity contribution in [3.8, 4) is 0 Å². The number of carboxylic acid groups (broad SMARTS) is 1. The highest BCUT2D eigenvalue weighted by Gasteiger charge is 2.55. The number of hydrogen-bond acceptors (Lipinski definition) is 4. The summed E-state index contributed by atoms with van der Waals surface area (Å²) in [6, 6.07) is 3.32. The van der Waals surface area contributed by atoms with E-state index in [1.165, 1.54) is 0 Å². The maximum atomic E-state index is 12.7. The zero-order valence-corrected chi connectivity index (χ0v) is 13.3. The molecule has 3 heterocycles. The average Bonchev–Trinajstić information content (AvgIpc) is 3.10. The van der Waals surface area contributed by atoms with Crippen LogP contribution in [0.25, 0.3) is 6.08 Å². The molecule has 0 aromatic heterocycles. The standard InChI is InChI=1S/C19H15N3O3/c23-17(24)14-4-3-10-6-11-8-19(9-12(11)7-15(10)21-14)13-2-1-5-20-16(13)22-18(19)25/h1-7,13-14,21H,8-9H2,(H,23,24)/t13?,14-,19?/m0/s1. The number of nitrogens with one attached hydrogen (secondary N) is 1. The molecular formula is C19H15N3O3. The van der Waals surface area contributed by atoms with E-state index in [1.54, 1.807) is 12.3 Å². The summed E-state index contributed by atoms with van der Waals surface area (Å²) in [6.07, 6.45) is 10.3. The first-order chi connectivity index (χ1) is 12.1. The van der Waals surface area contributed by atoms with E-state index in [4.69, 9.17) is 0 Å². The molecule has 1 aromatic rings. The molecular weight excluding hydrogens is 318 g/mol. The monoisotopic (exact) mass is 333 g/mol. The van der Waals surface area contributed by atoms with Crippen LogP contribution in [0.2, 0.25) is 0 Å². The molecule has 1 spiro atoms. The van der Waals surface area contributed by atoms with E-state index >= 15 is 0 Å². The first-order valence-electron chi connectivity index (χ1n) is 8.24. The fourth-order valence-electron chi connectivity index (χ4n) is 4.30. The number of fused-ring (bicyclic) bond motifs is 4. The van der Waals surface area contributed by atoms with Crippen LogP contribution in [-0.4, -0.2) is 35.1 Å². The summed E-state index contributed by atoms with van der Waals surface area (Å²) in [5.41, 5.74) is 3.39. The van der Waals surface area contributed by atoms with Crippen molar-refractivity contribution >= 4 is 35.7 Å². The van der Waals surface area contributed by atoms with Crippen LogP contribution in [0.3, 0.4) is 0 Å². The molecule has 6 nitrogen and oxygen atoms in total. The summed E-state index contributed by atoms with van der Waals surface area (Å²) in [7, 11) is 0.